The van der Waals surface area contributed by atoms with Crippen molar-refractivity contribution >= 4 is 16.8 Å². The van der Waals surface area contributed by atoms with Crippen LogP contribution < -0.4 is 10.6 Å². The van der Waals surface area contributed by atoms with Gasteiger partial charge in [0.1, 0.15) is 5.82 Å². The average molecular weight is 270 g/mol. The molecule has 6 heteroatoms. The van der Waals surface area contributed by atoms with E-state index in [1.807, 2.05) is 0 Å². The molecule has 0 saturated carbocycles. The maximum Gasteiger partial charge on any atom is 0.315 e. The number of benzene rings is 1. The Balaban J connectivity index is 2.36. The number of halogens is 1. The van der Waals surface area contributed by atoms with Crippen LogP contribution >= 0.6 is 0 Å². The Hall–Kier alpha value is -1.69. The van der Waals surface area contributed by atoms with Crippen LogP contribution in [0.5, 0.6) is 0 Å². The lowest BCUT2D eigenvalue weighted by molar-refractivity contribution is 0.242. The van der Waals surface area contributed by atoms with E-state index in [1.165, 1.54) is 18.2 Å². The highest BCUT2D eigenvalue weighted by atomic mass is 32.2. The Bertz CT molecular complexity index is 451. The number of urea groups is 1. The van der Waals surface area contributed by atoms with Crippen molar-refractivity contribution in [1.29, 1.82) is 0 Å². The van der Waals surface area contributed by atoms with Gasteiger partial charge in [-0.1, -0.05) is 18.2 Å². The van der Waals surface area contributed by atoms with E-state index in [2.05, 4.69) is 17.2 Å². The van der Waals surface area contributed by atoms with Gasteiger partial charge >= 0.3 is 6.03 Å². The third-order valence-electron chi connectivity index (χ3n) is 2.06. The van der Waals surface area contributed by atoms with E-state index in [0.717, 1.165) is 0 Å². The topological polar surface area (TPSA) is 58.2 Å². The predicted octanol–water partition coefficient (Wildman–Crippen LogP) is 1.42. The minimum absolute atomic E-state index is 0.158. The molecule has 0 aromatic heterocycles. The van der Waals surface area contributed by atoms with Gasteiger partial charge in [-0.25, -0.2) is 9.18 Å². The van der Waals surface area contributed by atoms with Crippen LogP contribution in [0.2, 0.25) is 0 Å². The van der Waals surface area contributed by atoms with Gasteiger partial charge in [0.05, 0.1) is 15.7 Å². The molecule has 0 saturated heterocycles. The molecule has 1 unspecified atom stereocenters. The molecule has 2 amide bonds. The number of carbonyl (C=O) groups is 1. The number of amides is 2. The van der Waals surface area contributed by atoms with Crippen molar-refractivity contribution < 1.29 is 13.4 Å². The molecule has 1 aromatic carbocycles. The molecule has 0 fully saturated rings. The van der Waals surface area contributed by atoms with Crippen molar-refractivity contribution in [1.82, 2.24) is 10.6 Å². The van der Waals surface area contributed by atoms with E-state index in [4.69, 9.17) is 0 Å². The highest BCUT2D eigenvalue weighted by molar-refractivity contribution is 7.85. The SMILES string of the molecule is C=CCNC(=O)NCCS(=O)c1ccccc1F. The molecular weight excluding hydrogens is 255 g/mol. The maximum absolute atomic E-state index is 13.3. The van der Waals surface area contributed by atoms with E-state index in [-0.39, 0.29) is 23.2 Å². The predicted molar refractivity (Wildman–Crippen MR) is 69.3 cm³/mol. The van der Waals surface area contributed by atoms with Crippen LogP contribution in [-0.2, 0) is 10.8 Å². The first-order valence-electron chi connectivity index (χ1n) is 5.40. The fourth-order valence-electron chi connectivity index (χ4n) is 1.22. The first kappa shape index (κ1) is 14.4. The quantitative estimate of drug-likeness (QED) is 0.768. The van der Waals surface area contributed by atoms with Gasteiger partial charge in [-0.3, -0.25) is 4.21 Å². The summed E-state index contributed by atoms with van der Waals surface area (Å²) in [6, 6.07) is 5.54. The molecule has 0 aliphatic heterocycles. The lowest BCUT2D eigenvalue weighted by Gasteiger charge is -2.06. The standard InChI is InChI=1S/C12H15FN2O2S/c1-2-7-14-12(16)15-8-9-18(17)11-6-4-3-5-10(11)13/h2-6H,1,7-9H2,(H2,14,15,16). The first-order chi connectivity index (χ1) is 8.65. The van der Waals surface area contributed by atoms with Crippen molar-refractivity contribution in [2.24, 2.45) is 0 Å². The van der Waals surface area contributed by atoms with Gasteiger partial charge in [-0.15, -0.1) is 6.58 Å². The summed E-state index contributed by atoms with van der Waals surface area (Å²) in [7, 11) is -1.45. The Morgan fingerprint density at radius 1 is 1.39 bits per heavy atom. The minimum Gasteiger partial charge on any atom is -0.337 e. The highest BCUT2D eigenvalue weighted by Gasteiger charge is 2.09. The summed E-state index contributed by atoms with van der Waals surface area (Å²) in [4.78, 5) is 11.3. The first-order valence-corrected chi connectivity index (χ1v) is 6.72. The fourth-order valence-corrected chi connectivity index (χ4v) is 2.25. The number of rotatable bonds is 6. The molecule has 0 bridgehead atoms. The molecular formula is C12H15FN2O2S. The van der Waals surface area contributed by atoms with Crippen molar-refractivity contribution in [3.05, 3.63) is 42.7 Å². The molecule has 0 radical (unpaired) electrons. The van der Waals surface area contributed by atoms with Crippen LogP contribution in [0.25, 0.3) is 0 Å². The molecule has 0 aliphatic carbocycles. The van der Waals surface area contributed by atoms with Gasteiger partial charge in [0.25, 0.3) is 0 Å². The Kier molecular flexibility index (Phi) is 6.07. The fraction of sp³-hybridized carbons (Fsp3) is 0.250. The largest absolute Gasteiger partial charge is 0.337 e. The van der Waals surface area contributed by atoms with Crippen LogP contribution in [0.3, 0.4) is 0 Å². The van der Waals surface area contributed by atoms with Gasteiger partial charge in [0, 0.05) is 18.8 Å². The van der Waals surface area contributed by atoms with E-state index < -0.39 is 16.6 Å². The van der Waals surface area contributed by atoms with Gasteiger partial charge in [-0.05, 0) is 12.1 Å². The van der Waals surface area contributed by atoms with Gasteiger partial charge in [0.15, 0.2) is 0 Å². The van der Waals surface area contributed by atoms with Gasteiger partial charge in [-0.2, -0.15) is 0 Å². The molecule has 98 valence electrons. The summed E-state index contributed by atoms with van der Waals surface area (Å²) in [6.45, 7) is 4.03. The molecule has 0 spiro atoms. The molecule has 4 nitrogen and oxygen atoms in total. The van der Waals surface area contributed by atoms with Crippen LogP contribution in [0.15, 0.2) is 41.8 Å². The van der Waals surface area contributed by atoms with Crippen molar-refractivity contribution in [2.75, 3.05) is 18.8 Å². The molecule has 0 heterocycles. The van der Waals surface area contributed by atoms with Crippen molar-refractivity contribution in [3.63, 3.8) is 0 Å². The number of carbonyl (C=O) groups excluding carboxylic acids is 1. The van der Waals surface area contributed by atoms with Crippen LogP contribution in [-0.4, -0.2) is 29.1 Å². The maximum atomic E-state index is 13.3. The third kappa shape index (κ3) is 4.67. The Morgan fingerprint density at radius 2 is 2.11 bits per heavy atom. The Labute approximate surface area is 108 Å². The van der Waals surface area contributed by atoms with E-state index >= 15 is 0 Å². The summed E-state index contributed by atoms with van der Waals surface area (Å²) in [5.41, 5.74) is 0. The molecule has 0 aliphatic rings. The summed E-state index contributed by atoms with van der Waals surface area (Å²) in [5, 5.41) is 5.04. The Morgan fingerprint density at radius 3 is 2.78 bits per heavy atom. The summed E-state index contributed by atoms with van der Waals surface area (Å²) < 4.78 is 25.0. The lowest BCUT2D eigenvalue weighted by atomic mass is 10.3. The normalized spacial score (nSPS) is 11.6. The molecule has 18 heavy (non-hydrogen) atoms. The highest BCUT2D eigenvalue weighted by Crippen LogP contribution is 2.11. The second kappa shape index (κ2) is 7.60. The zero-order valence-corrected chi connectivity index (χ0v) is 10.6. The zero-order chi connectivity index (χ0) is 13.4. The zero-order valence-electron chi connectivity index (χ0n) is 9.82. The number of hydrogen-bond acceptors (Lipinski definition) is 2. The van der Waals surface area contributed by atoms with Crippen LogP contribution in [0, 0.1) is 5.82 Å². The molecule has 1 atom stereocenters. The van der Waals surface area contributed by atoms with Crippen molar-refractivity contribution in [2.45, 2.75) is 4.90 Å². The molecule has 1 rings (SSSR count). The lowest BCUT2D eigenvalue weighted by Crippen LogP contribution is -2.37. The molecule has 1 aromatic rings. The second-order valence-corrected chi connectivity index (χ2v) is 4.94. The average Bonchev–Trinajstić information content (AvgIpc) is 2.36. The third-order valence-corrected chi connectivity index (χ3v) is 3.46. The monoisotopic (exact) mass is 270 g/mol. The summed E-state index contributed by atoms with van der Waals surface area (Å²) >= 11 is 0. The second-order valence-electron chi connectivity index (χ2n) is 3.41. The van der Waals surface area contributed by atoms with Gasteiger partial charge in [0.2, 0.25) is 0 Å². The molecule has 2 N–H and O–H groups in total. The van der Waals surface area contributed by atoms with Crippen LogP contribution in [0.4, 0.5) is 9.18 Å². The van der Waals surface area contributed by atoms with E-state index in [1.54, 1.807) is 12.1 Å². The number of hydrogen-bond donors (Lipinski definition) is 2. The summed E-state index contributed by atoms with van der Waals surface area (Å²) in [6.07, 6.45) is 1.55. The summed E-state index contributed by atoms with van der Waals surface area (Å²) in [5.74, 6) is -0.324. The smallest absolute Gasteiger partial charge is 0.315 e. The van der Waals surface area contributed by atoms with E-state index in [9.17, 15) is 13.4 Å². The number of nitrogens with one attached hydrogen (secondary N) is 2. The van der Waals surface area contributed by atoms with Crippen molar-refractivity contribution in [3.8, 4) is 0 Å². The van der Waals surface area contributed by atoms with Gasteiger partial charge < -0.3 is 10.6 Å². The minimum atomic E-state index is -1.45. The van der Waals surface area contributed by atoms with E-state index in [0.29, 0.717) is 6.54 Å². The van der Waals surface area contributed by atoms with Crippen LogP contribution in [0.1, 0.15) is 0 Å².